The van der Waals surface area contributed by atoms with Gasteiger partial charge in [0, 0.05) is 0 Å². The van der Waals surface area contributed by atoms with Crippen molar-refractivity contribution >= 4 is 5.97 Å². The van der Waals surface area contributed by atoms with Crippen LogP contribution >= 0.6 is 0 Å². The number of carbonyl (C=O) groups is 1. The Hall–Kier alpha value is -0.610. The molecule has 0 amide bonds. The molecule has 0 aromatic heterocycles. The zero-order valence-corrected chi connectivity index (χ0v) is 16.3. The quantitative estimate of drug-likeness (QED) is 0.766. The minimum Gasteiger partial charge on any atom is -0.467 e. The normalized spacial score (nSPS) is 41.2. The Morgan fingerprint density at radius 2 is 1.83 bits per heavy atom. The molecule has 0 saturated heterocycles. The topological polar surface area (TPSA) is 66.8 Å². The molecule has 5 atom stereocenters. The van der Waals surface area contributed by atoms with Crippen LogP contribution in [0.25, 0.3) is 0 Å². The molecule has 0 spiro atoms. The van der Waals surface area contributed by atoms with Crippen molar-refractivity contribution < 1.29 is 19.7 Å². The molecular weight excluding hydrogens is 304 g/mol. The van der Waals surface area contributed by atoms with Crippen LogP contribution in [0.5, 0.6) is 0 Å². The summed E-state index contributed by atoms with van der Waals surface area (Å²) in [5.41, 5.74) is -1.90. The lowest BCUT2D eigenvalue weighted by molar-refractivity contribution is -0.178. The highest BCUT2D eigenvalue weighted by Gasteiger charge is 2.58. The van der Waals surface area contributed by atoms with Crippen molar-refractivity contribution in [1.29, 1.82) is 0 Å². The first-order valence-electron chi connectivity index (χ1n) is 9.40. The van der Waals surface area contributed by atoms with Gasteiger partial charge >= 0.3 is 5.97 Å². The molecule has 0 aromatic rings. The van der Waals surface area contributed by atoms with Crippen LogP contribution in [0.15, 0.2) is 0 Å². The van der Waals surface area contributed by atoms with E-state index in [-0.39, 0.29) is 16.7 Å². The van der Waals surface area contributed by atoms with E-state index in [1.165, 1.54) is 26.9 Å². The predicted octanol–water partition coefficient (Wildman–Crippen LogP) is 3.68. The number of esters is 1. The van der Waals surface area contributed by atoms with Crippen molar-refractivity contribution in [2.24, 2.45) is 22.7 Å². The van der Waals surface area contributed by atoms with E-state index in [1.54, 1.807) is 0 Å². The van der Waals surface area contributed by atoms with Gasteiger partial charge in [0.25, 0.3) is 0 Å². The molecule has 2 rings (SSSR count). The first-order chi connectivity index (χ1) is 10.9. The van der Waals surface area contributed by atoms with Gasteiger partial charge in [-0.15, -0.1) is 0 Å². The van der Waals surface area contributed by atoms with Crippen LogP contribution in [0.3, 0.4) is 0 Å². The average Bonchev–Trinajstić information content (AvgIpc) is 2.43. The fourth-order valence-electron chi connectivity index (χ4n) is 6.01. The Balaban J connectivity index is 2.25. The maximum Gasteiger partial charge on any atom is 0.337 e. The van der Waals surface area contributed by atoms with Crippen LogP contribution in [-0.4, -0.2) is 34.5 Å². The Kier molecular flexibility index (Phi) is 5.16. The van der Waals surface area contributed by atoms with Gasteiger partial charge in [0.15, 0.2) is 5.60 Å². The van der Waals surface area contributed by atoms with Crippen molar-refractivity contribution in [3.05, 3.63) is 0 Å². The molecule has 2 aliphatic rings. The maximum absolute atomic E-state index is 11.8. The Bertz CT molecular complexity index is 480. The summed E-state index contributed by atoms with van der Waals surface area (Å²) in [6.45, 7) is 10.5. The van der Waals surface area contributed by atoms with Gasteiger partial charge in [0.2, 0.25) is 0 Å². The maximum atomic E-state index is 11.8. The third-order valence-electron chi connectivity index (χ3n) is 7.31. The van der Waals surface area contributed by atoms with Crippen LogP contribution in [-0.2, 0) is 9.53 Å². The molecule has 2 aliphatic carbocycles. The molecule has 1 unspecified atom stereocenters. The zero-order chi connectivity index (χ0) is 18.4. The lowest BCUT2D eigenvalue weighted by Gasteiger charge is -2.61. The Morgan fingerprint density at radius 3 is 2.42 bits per heavy atom. The second-order valence-corrected chi connectivity index (χ2v) is 9.65. The van der Waals surface area contributed by atoms with Crippen molar-refractivity contribution in [2.75, 3.05) is 7.11 Å². The molecule has 0 bridgehead atoms. The average molecular weight is 341 g/mol. The van der Waals surface area contributed by atoms with E-state index in [4.69, 9.17) is 4.74 Å². The van der Waals surface area contributed by atoms with E-state index >= 15 is 0 Å². The van der Waals surface area contributed by atoms with E-state index in [0.717, 1.165) is 19.3 Å². The van der Waals surface area contributed by atoms with Gasteiger partial charge in [-0.25, -0.2) is 4.79 Å². The molecular formula is C20H36O4. The first-order valence-corrected chi connectivity index (χ1v) is 9.40. The van der Waals surface area contributed by atoms with E-state index in [1.807, 2.05) is 6.92 Å². The summed E-state index contributed by atoms with van der Waals surface area (Å²) in [6.07, 6.45) is 6.34. The van der Waals surface area contributed by atoms with Crippen molar-refractivity contribution in [2.45, 2.75) is 90.8 Å². The molecule has 0 radical (unpaired) electrons. The van der Waals surface area contributed by atoms with Crippen molar-refractivity contribution in [3.8, 4) is 0 Å². The largest absolute Gasteiger partial charge is 0.467 e. The molecule has 0 aliphatic heterocycles. The molecule has 4 heteroatoms. The van der Waals surface area contributed by atoms with Gasteiger partial charge in [-0.2, -0.15) is 0 Å². The van der Waals surface area contributed by atoms with E-state index in [2.05, 4.69) is 20.8 Å². The number of rotatable bonds is 4. The number of hydrogen-bond acceptors (Lipinski definition) is 4. The summed E-state index contributed by atoms with van der Waals surface area (Å²) in [5, 5.41) is 21.5. The van der Waals surface area contributed by atoms with Gasteiger partial charge in [0.05, 0.1) is 12.7 Å². The Labute approximate surface area is 147 Å². The summed E-state index contributed by atoms with van der Waals surface area (Å²) in [6, 6.07) is 0. The molecule has 0 heterocycles. The molecule has 140 valence electrons. The highest BCUT2D eigenvalue weighted by Crippen LogP contribution is 2.63. The van der Waals surface area contributed by atoms with E-state index in [9.17, 15) is 15.0 Å². The van der Waals surface area contributed by atoms with E-state index in [0.29, 0.717) is 18.8 Å². The highest BCUT2D eigenvalue weighted by molar-refractivity contribution is 5.78. The summed E-state index contributed by atoms with van der Waals surface area (Å²) in [4.78, 5) is 11.8. The number of hydrogen-bond donors (Lipinski definition) is 2. The predicted molar refractivity (Wildman–Crippen MR) is 94.5 cm³/mol. The molecule has 0 aromatic carbocycles. The summed E-state index contributed by atoms with van der Waals surface area (Å²) in [5.74, 6) is 0.0649. The van der Waals surface area contributed by atoms with Crippen molar-refractivity contribution in [1.82, 2.24) is 0 Å². The fourth-order valence-corrected chi connectivity index (χ4v) is 6.01. The third kappa shape index (κ3) is 3.37. The van der Waals surface area contributed by atoms with E-state index < -0.39 is 17.2 Å². The lowest BCUT2D eigenvalue weighted by atomic mass is 9.45. The van der Waals surface area contributed by atoms with Gasteiger partial charge in [0.1, 0.15) is 0 Å². The second kappa shape index (κ2) is 6.28. The monoisotopic (exact) mass is 340 g/mol. The molecule has 2 fully saturated rings. The number of carbonyl (C=O) groups excluding carboxylic acids is 1. The molecule has 2 N–H and O–H groups in total. The zero-order valence-electron chi connectivity index (χ0n) is 16.3. The molecule has 2 saturated carbocycles. The summed E-state index contributed by atoms with van der Waals surface area (Å²) < 4.78 is 4.72. The first kappa shape index (κ1) is 19.7. The van der Waals surface area contributed by atoms with Crippen molar-refractivity contribution in [3.63, 3.8) is 0 Å². The number of aliphatic hydroxyl groups is 2. The minimum absolute atomic E-state index is 0.0513. The number of ether oxygens (including phenoxy) is 1. The second-order valence-electron chi connectivity index (χ2n) is 9.65. The number of fused-ring (bicyclic) bond motifs is 1. The molecule has 4 nitrogen and oxygen atoms in total. The lowest BCUT2D eigenvalue weighted by Crippen LogP contribution is -2.58. The van der Waals surface area contributed by atoms with Gasteiger partial charge in [-0.1, -0.05) is 27.2 Å². The summed E-state index contributed by atoms with van der Waals surface area (Å²) >= 11 is 0. The number of methoxy groups -OCH3 is 1. The molecule has 24 heavy (non-hydrogen) atoms. The van der Waals surface area contributed by atoms with Crippen LogP contribution in [0.1, 0.15) is 79.6 Å². The smallest absolute Gasteiger partial charge is 0.337 e. The van der Waals surface area contributed by atoms with Gasteiger partial charge in [-0.3, -0.25) is 0 Å². The van der Waals surface area contributed by atoms with Crippen LogP contribution in [0.4, 0.5) is 0 Å². The Morgan fingerprint density at radius 1 is 1.21 bits per heavy atom. The summed E-state index contributed by atoms with van der Waals surface area (Å²) in [7, 11) is 1.30. The van der Waals surface area contributed by atoms with Crippen LogP contribution < -0.4 is 0 Å². The standard InChI is InChI=1S/C20H36O4/c1-17(2)10-7-11-18(3)14(17)8-12-19(4,22)15(18)9-13-20(5,23)16(21)24-6/h14-15,22-23H,7-13H2,1-6H3/t14?,15-,18+,19-,20-/m1/s1. The van der Waals surface area contributed by atoms with Crippen LogP contribution in [0, 0.1) is 22.7 Å². The minimum atomic E-state index is -1.49. The van der Waals surface area contributed by atoms with Crippen LogP contribution in [0.2, 0.25) is 0 Å². The SMILES string of the molecule is COC(=O)[C@](C)(O)CC[C@@H]1[C@@]2(C)CCCC(C)(C)C2CC[C@@]1(C)O. The van der Waals surface area contributed by atoms with Gasteiger partial charge < -0.3 is 14.9 Å². The highest BCUT2D eigenvalue weighted by atomic mass is 16.5. The fraction of sp³-hybridized carbons (Fsp3) is 0.950. The third-order valence-corrected chi connectivity index (χ3v) is 7.31. The van der Waals surface area contributed by atoms with Gasteiger partial charge in [-0.05, 0) is 75.0 Å².